The zero-order valence-corrected chi connectivity index (χ0v) is 22.2. The normalized spacial score (nSPS) is 19.8. The van der Waals surface area contributed by atoms with Crippen LogP contribution in [-0.2, 0) is 23.9 Å². The zero-order valence-electron chi connectivity index (χ0n) is 21.4. The number of alkyl halides is 3. The molecule has 0 N–H and O–H groups in total. The average Bonchev–Trinajstić information content (AvgIpc) is 3.55. The highest BCUT2D eigenvalue weighted by atomic mass is 32.1. The van der Waals surface area contributed by atoms with Crippen molar-refractivity contribution in [3.63, 3.8) is 0 Å². The second-order valence-electron chi connectivity index (χ2n) is 10.0. The van der Waals surface area contributed by atoms with E-state index in [1.54, 1.807) is 9.80 Å². The molecule has 2 aliphatic rings. The molecule has 1 aliphatic heterocycles. The van der Waals surface area contributed by atoms with Gasteiger partial charge in [0, 0.05) is 24.7 Å². The van der Waals surface area contributed by atoms with E-state index in [1.807, 2.05) is 24.6 Å². The number of hydrogen-bond donors (Lipinski definition) is 0. The van der Waals surface area contributed by atoms with E-state index in [0.29, 0.717) is 23.7 Å². The third-order valence-corrected chi connectivity index (χ3v) is 8.40. The molecule has 7 nitrogen and oxygen atoms in total. The molecule has 1 aliphatic carbocycles. The topological polar surface area (TPSA) is 71.3 Å². The number of hydrogen-bond acceptors (Lipinski definition) is 5. The van der Waals surface area contributed by atoms with Gasteiger partial charge in [0.1, 0.15) is 6.54 Å². The number of amides is 2. The zero-order chi connectivity index (χ0) is 27.0. The summed E-state index contributed by atoms with van der Waals surface area (Å²) in [4.78, 5) is 34.7. The number of rotatable bonds is 5. The number of piperidine rings is 1. The molecule has 0 saturated carbocycles. The van der Waals surface area contributed by atoms with Crippen molar-refractivity contribution in [1.29, 1.82) is 0 Å². The van der Waals surface area contributed by atoms with E-state index in [4.69, 9.17) is 0 Å². The number of fused-ring (bicyclic) bond motifs is 1. The van der Waals surface area contributed by atoms with Crippen LogP contribution in [0.4, 0.5) is 13.2 Å². The van der Waals surface area contributed by atoms with Crippen LogP contribution in [-0.4, -0.2) is 50.0 Å². The maximum atomic E-state index is 13.4. The SMILES string of the molecule is Cc1cc(C(F)(F)F)nn1CC(=O)N1CCCCC1c1csc(C(=O)N(C)[C@H]2CCCc3ccccc32)n1. The molecule has 11 heteroatoms. The van der Waals surface area contributed by atoms with Gasteiger partial charge in [-0.3, -0.25) is 14.3 Å². The largest absolute Gasteiger partial charge is 0.435 e. The molecule has 202 valence electrons. The molecular weight excluding hydrogens is 515 g/mol. The van der Waals surface area contributed by atoms with Gasteiger partial charge < -0.3 is 9.80 Å². The number of carbonyl (C=O) groups is 2. The highest BCUT2D eigenvalue weighted by molar-refractivity contribution is 7.11. The fraction of sp³-hybridized carbons (Fsp3) is 0.481. The summed E-state index contributed by atoms with van der Waals surface area (Å²) in [5.74, 6) is -0.463. The van der Waals surface area contributed by atoms with Gasteiger partial charge in [-0.2, -0.15) is 18.3 Å². The molecule has 0 radical (unpaired) electrons. The van der Waals surface area contributed by atoms with Gasteiger partial charge in [-0.15, -0.1) is 11.3 Å². The first kappa shape index (κ1) is 26.4. The minimum absolute atomic E-state index is 0.00791. The van der Waals surface area contributed by atoms with Crippen LogP contribution in [0.1, 0.15) is 82.2 Å². The van der Waals surface area contributed by atoms with Gasteiger partial charge in [-0.1, -0.05) is 24.3 Å². The van der Waals surface area contributed by atoms with E-state index in [-0.39, 0.29) is 36.1 Å². The Morgan fingerprint density at radius 2 is 1.95 bits per heavy atom. The summed E-state index contributed by atoms with van der Waals surface area (Å²) in [5.41, 5.74) is 2.36. The number of carbonyl (C=O) groups excluding carboxylic acids is 2. The Hall–Kier alpha value is -3.21. The fourth-order valence-corrected chi connectivity index (χ4v) is 6.37. The Kier molecular flexibility index (Phi) is 7.30. The molecule has 38 heavy (non-hydrogen) atoms. The lowest BCUT2D eigenvalue weighted by Gasteiger charge is -2.35. The standard InChI is InChI=1S/C27H30F3N5O2S/c1-17-14-23(27(28,29)30)32-35(17)15-24(36)34-13-6-5-11-22(34)20-16-38-25(31-20)26(37)33(2)21-12-7-9-18-8-3-4-10-19(18)21/h3-4,8,10,14,16,21-22H,5-7,9,11-13,15H2,1-2H3/t21-,22?/m0/s1. The number of halogens is 3. The Balaban J connectivity index is 1.32. The van der Waals surface area contributed by atoms with E-state index in [9.17, 15) is 22.8 Å². The average molecular weight is 546 g/mol. The molecule has 0 bridgehead atoms. The molecule has 0 spiro atoms. The van der Waals surface area contributed by atoms with Crippen molar-refractivity contribution >= 4 is 23.2 Å². The van der Waals surface area contributed by atoms with Gasteiger partial charge in [0.15, 0.2) is 10.7 Å². The van der Waals surface area contributed by atoms with Crippen LogP contribution < -0.4 is 0 Å². The van der Waals surface area contributed by atoms with Gasteiger partial charge in [-0.05, 0) is 62.6 Å². The molecule has 2 amide bonds. The Labute approximate surface area is 223 Å². The molecule has 1 fully saturated rings. The van der Waals surface area contributed by atoms with Gasteiger partial charge >= 0.3 is 6.18 Å². The number of aryl methyl sites for hydroxylation is 2. The van der Waals surface area contributed by atoms with Crippen LogP contribution in [0.5, 0.6) is 0 Å². The molecule has 2 atom stereocenters. The van der Waals surface area contributed by atoms with Gasteiger partial charge in [0.25, 0.3) is 5.91 Å². The lowest BCUT2D eigenvalue weighted by molar-refractivity contribution is -0.142. The number of nitrogens with zero attached hydrogens (tertiary/aromatic N) is 5. The fourth-order valence-electron chi connectivity index (χ4n) is 5.53. The molecule has 1 saturated heterocycles. The van der Waals surface area contributed by atoms with Crippen LogP contribution in [0.2, 0.25) is 0 Å². The van der Waals surface area contributed by atoms with E-state index < -0.39 is 11.9 Å². The van der Waals surface area contributed by atoms with Crippen molar-refractivity contribution in [3.8, 4) is 0 Å². The summed E-state index contributed by atoms with van der Waals surface area (Å²) in [7, 11) is 1.81. The molecular formula is C27H30F3N5O2S. The summed E-state index contributed by atoms with van der Waals surface area (Å²) in [5, 5.41) is 5.80. The second-order valence-corrected chi connectivity index (χ2v) is 10.9. The first-order valence-electron chi connectivity index (χ1n) is 12.8. The van der Waals surface area contributed by atoms with Crippen molar-refractivity contribution < 1.29 is 22.8 Å². The first-order valence-corrected chi connectivity index (χ1v) is 13.7. The molecule has 2 aromatic heterocycles. The summed E-state index contributed by atoms with van der Waals surface area (Å²) >= 11 is 1.27. The third kappa shape index (κ3) is 5.21. The maximum absolute atomic E-state index is 13.4. The summed E-state index contributed by atoms with van der Waals surface area (Å²) in [6, 6.07) is 8.83. The summed E-state index contributed by atoms with van der Waals surface area (Å²) < 4.78 is 40.3. The molecule has 1 aromatic carbocycles. The summed E-state index contributed by atoms with van der Waals surface area (Å²) in [6.07, 6.45) is 0.731. The van der Waals surface area contributed by atoms with Crippen LogP contribution in [0.25, 0.3) is 0 Å². The minimum Gasteiger partial charge on any atom is -0.333 e. The van der Waals surface area contributed by atoms with Gasteiger partial charge in [-0.25, -0.2) is 4.98 Å². The Bertz CT molecular complexity index is 1330. The van der Waals surface area contributed by atoms with Gasteiger partial charge in [0.2, 0.25) is 5.91 Å². The Morgan fingerprint density at radius 3 is 2.71 bits per heavy atom. The van der Waals surface area contributed by atoms with E-state index >= 15 is 0 Å². The molecule has 3 heterocycles. The minimum atomic E-state index is -4.57. The van der Waals surface area contributed by atoms with Crippen molar-refractivity contribution in [3.05, 3.63) is 68.9 Å². The van der Waals surface area contributed by atoms with Gasteiger partial charge in [0.05, 0.1) is 17.8 Å². The van der Waals surface area contributed by atoms with E-state index in [1.165, 1.54) is 29.4 Å². The number of thiazole rings is 1. The first-order chi connectivity index (χ1) is 18.1. The van der Waals surface area contributed by atoms with E-state index in [0.717, 1.165) is 42.9 Å². The predicted octanol–water partition coefficient (Wildman–Crippen LogP) is 5.57. The quantitative estimate of drug-likeness (QED) is 0.420. The highest BCUT2D eigenvalue weighted by Gasteiger charge is 2.36. The molecule has 5 rings (SSSR count). The maximum Gasteiger partial charge on any atom is 0.435 e. The monoisotopic (exact) mass is 545 g/mol. The molecule has 3 aromatic rings. The van der Waals surface area contributed by atoms with Crippen LogP contribution in [0.15, 0.2) is 35.7 Å². The van der Waals surface area contributed by atoms with Crippen molar-refractivity contribution in [2.24, 2.45) is 0 Å². The number of aromatic nitrogens is 3. The second kappa shape index (κ2) is 10.5. The van der Waals surface area contributed by atoms with Crippen LogP contribution >= 0.6 is 11.3 Å². The smallest absolute Gasteiger partial charge is 0.333 e. The van der Waals surface area contributed by atoms with E-state index in [2.05, 4.69) is 22.2 Å². The van der Waals surface area contributed by atoms with Crippen LogP contribution in [0.3, 0.4) is 0 Å². The molecule has 1 unspecified atom stereocenters. The predicted molar refractivity (Wildman–Crippen MR) is 137 cm³/mol. The summed E-state index contributed by atoms with van der Waals surface area (Å²) in [6.45, 7) is 1.70. The van der Waals surface area contributed by atoms with Crippen molar-refractivity contribution in [2.75, 3.05) is 13.6 Å². The van der Waals surface area contributed by atoms with Crippen molar-refractivity contribution in [2.45, 2.75) is 70.3 Å². The number of benzene rings is 1. The van der Waals surface area contributed by atoms with Crippen molar-refractivity contribution in [1.82, 2.24) is 24.6 Å². The lowest BCUT2D eigenvalue weighted by atomic mass is 9.87. The lowest BCUT2D eigenvalue weighted by Crippen LogP contribution is -2.40. The third-order valence-electron chi connectivity index (χ3n) is 7.55. The Morgan fingerprint density at radius 1 is 1.16 bits per heavy atom. The van der Waals surface area contributed by atoms with Crippen LogP contribution in [0, 0.1) is 6.92 Å². The number of likely N-dealkylation sites (tertiary alicyclic amines) is 1. The highest BCUT2D eigenvalue weighted by Crippen LogP contribution is 2.36.